The fourth-order valence-corrected chi connectivity index (χ4v) is 4.42. The standard InChI is InChI=1S/C25H38FN3O/c1-9-11-21(15-27-7)29(10-2)23-13-16(3)12-20(17(23)4)14-22-18(5)24(26)19(6)28(8)25(22)30/h12-13,21,27H,9-11,14-15H2,1-8H3. The average molecular weight is 416 g/mol. The van der Waals surface area contributed by atoms with Crippen molar-refractivity contribution >= 4 is 5.69 Å². The molecule has 0 fully saturated rings. The van der Waals surface area contributed by atoms with E-state index in [1.165, 1.54) is 15.8 Å². The van der Waals surface area contributed by atoms with E-state index >= 15 is 0 Å². The molecule has 0 saturated carbocycles. The van der Waals surface area contributed by atoms with Gasteiger partial charge < -0.3 is 14.8 Å². The van der Waals surface area contributed by atoms with Gasteiger partial charge in [0, 0.05) is 43.9 Å². The van der Waals surface area contributed by atoms with Crippen molar-refractivity contribution in [1.82, 2.24) is 9.88 Å². The summed E-state index contributed by atoms with van der Waals surface area (Å²) in [4.78, 5) is 15.4. The van der Waals surface area contributed by atoms with Crippen molar-refractivity contribution in [2.75, 3.05) is 25.0 Å². The Labute approximate surface area is 181 Å². The van der Waals surface area contributed by atoms with Gasteiger partial charge in [0.15, 0.2) is 0 Å². The molecule has 0 aliphatic carbocycles. The molecule has 0 spiro atoms. The van der Waals surface area contributed by atoms with Crippen LogP contribution in [0.5, 0.6) is 0 Å². The first-order chi connectivity index (χ1) is 14.2. The number of nitrogens with zero attached hydrogens (tertiary/aromatic N) is 2. The normalized spacial score (nSPS) is 12.3. The number of nitrogens with one attached hydrogen (secondary N) is 1. The molecule has 0 amide bonds. The van der Waals surface area contributed by atoms with Crippen LogP contribution < -0.4 is 15.8 Å². The number of hydrogen-bond donors (Lipinski definition) is 1. The third-order valence-corrected chi connectivity index (χ3v) is 6.32. The van der Waals surface area contributed by atoms with E-state index in [0.717, 1.165) is 37.1 Å². The van der Waals surface area contributed by atoms with Crippen LogP contribution in [-0.2, 0) is 13.5 Å². The van der Waals surface area contributed by atoms with Gasteiger partial charge in [-0.2, -0.15) is 0 Å². The Bertz CT molecular complexity index is 943. The summed E-state index contributed by atoms with van der Waals surface area (Å²) in [5.41, 5.74) is 5.91. The number of pyridine rings is 1. The second-order valence-corrected chi connectivity index (χ2v) is 8.40. The molecule has 1 aromatic carbocycles. The molecule has 0 bridgehead atoms. The van der Waals surface area contributed by atoms with Crippen LogP contribution in [0.3, 0.4) is 0 Å². The van der Waals surface area contributed by atoms with Crippen LogP contribution in [0.15, 0.2) is 16.9 Å². The summed E-state index contributed by atoms with van der Waals surface area (Å²) in [6, 6.07) is 4.78. The van der Waals surface area contributed by atoms with Crippen LogP contribution in [0.4, 0.5) is 10.1 Å². The van der Waals surface area contributed by atoms with Crippen LogP contribution >= 0.6 is 0 Å². The predicted molar refractivity (Wildman–Crippen MR) is 125 cm³/mol. The van der Waals surface area contributed by atoms with Gasteiger partial charge in [-0.25, -0.2) is 4.39 Å². The van der Waals surface area contributed by atoms with Crippen molar-refractivity contribution < 1.29 is 4.39 Å². The summed E-state index contributed by atoms with van der Waals surface area (Å²) in [6.45, 7) is 13.8. The minimum Gasteiger partial charge on any atom is -0.367 e. The number of aromatic nitrogens is 1. The lowest BCUT2D eigenvalue weighted by Gasteiger charge is -2.35. The van der Waals surface area contributed by atoms with E-state index in [9.17, 15) is 9.18 Å². The molecule has 0 radical (unpaired) electrons. The topological polar surface area (TPSA) is 37.3 Å². The molecule has 2 aromatic rings. The summed E-state index contributed by atoms with van der Waals surface area (Å²) >= 11 is 0. The number of aryl methyl sites for hydroxylation is 1. The smallest absolute Gasteiger partial charge is 0.254 e. The van der Waals surface area contributed by atoms with Gasteiger partial charge in [-0.15, -0.1) is 0 Å². The fraction of sp³-hybridized carbons (Fsp3) is 0.560. The van der Waals surface area contributed by atoms with Crippen molar-refractivity contribution in [2.24, 2.45) is 7.05 Å². The zero-order valence-electron chi connectivity index (χ0n) is 19.9. The van der Waals surface area contributed by atoms with Gasteiger partial charge in [-0.3, -0.25) is 4.79 Å². The highest BCUT2D eigenvalue weighted by molar-refractivity contribution is 5.60. The van der Waals surface area contributed by atoms with E-state index < -0.39 is 0 Å². The lowest BCUT2D eigenvalue weighted by molar-refractivity contribution is 0.524. The molecule has 4 nitrogen and oxygen atoms in total. The van der Waals surface area contributed by atoms with Gasteiger partial charge in [0.2, 0.25) is 0 Å². The summed E-state index contributed by atoms with van der Waals surface area (Å²) in [5, 5.41) is 3.33. The number of benzene rings is 1. The summed E-state index contributed by atoms with van der Waals surface area (Å²) in [6.07, 6.45) is 2.68. The Morgan fingerprint density at radius 2 is 1.80 bits per heavy atom. The molecule has 2 rings (SSSR count). The van der Waals surface area contributed by atoms with Gasteiger partial charge in [-0.05, 0) is 76.4 Å². The van der Waals surface area contributed by atoms with E-state index in [1.807, 2.05) is 7.05 Å². The molecule has 1 unspecified atom stereocenters. The maximum absolute atomic E-state index is 14.7. The number of rotatable bonds is 9. The molecule has 1 aromatic heterocycles. The summed E-state index contributed by atoms with van der Waals surface area (Å²) in [7, 11) is 3.64. The Balaban J connectivity index is 2.58. The largest absolute Gasteiger partial charge is 0.367 e. The lowest BCUT2D eigenvalue weighted by atomic mass is 9.94. The number of anilines is 1. The minimum atomic E-state index is -0.287. The third kappa shape index (κ3) is 4.77. The predicted octanol–water partition coefficient (Wildman–Crippen LogP) is 4.56. The highest BCUT2D eigenvalue weighted by Crippen LogP contribution is 2.30. The second kappa shape index (κ2) is 10.3. The van der Waals surface area contributed by atoms with E-state index in [1.54, 1.807) is 20.9 Å². The third-order valence-electron chi connectivity index (χ3n) is 6.32. The van der Waals surface area contributed by atoms with E-state index in [2.05, 4.69) is 50.0 Å². The Morgan fingerprint density at radius 3 is 2.37 bits per heavy atom. The molecule has 5 heteroatoms. The van der Waals surface area contributed by atoms with Gasteiger partial charge in [0.1, 0.15) is 5.82 Å². The maximum atomic E-state index is 14.7. The average Bonchev–Trinajstić information content (AvgIpc) is 2.72. The highest BCUT2D eigenvalue weighted by atomic mass is 19.1. The van der Waals surface area contributed by atoms with Crippen LogP contribution in [0.1, 0.15) is 60.2 Å². The molecule has 30 heavy (non-hydrogen) atoms. The van der Waals surface area contributed by atoms with Crippen molar-refractivity contribution in [3.63, 3.8) is 0 Å². The molecular formula is C25H38FN3O. The molecule has 1 heterocycles. The van der Waals surface area contributed by atoms with Crippen molar-refractivity contribution in [3.8, 4) is 0 Å². The Morgan fingerprint density at radius 1 is 1.13 bits per heavy atom. The van der Waals surface area contributed by atoms with Gasteiger partial charge >= 0.3 is 0 Å². The van der Waals surface area contributed by atoms with E-state index in [0.29, 0.717) is 29.3 Å². The second-order valence-electron chi connectivity index (χ2n) is 8.40. The monoisotopic (exact) mass is 415 g/mol. The summed E-state index contributed by atoms with van der Waals surface area (Å²) in [5.74, 6) is -0.287. The zero-order chi connectivity index (χ0) is 22.6. The molecule has 0 aliphatic rings. The first-order valence-electron chi connectivity index (χ1n) is 11.0. The number of hydrogen-bond acceptors (Lipinski definition) is 3. The van der Waals surface area contributed by atoms with E-state index in [4.69, 9.17) is 0 Å². The summed E-state index contributed by atoms with van der Waals surface area (Å²) < 4.78 is 16.1. The van der Waals surface area contributed by atoms with Crippen LogP contribution in [-0.4, -0.2) is 30.7 Å². The molecule has 1 atom stereocenters. The first-order valence-corrected chi connectivity index (χ1v) is 11.0. The minimum absolute atomic E-state index is 0.111. The lowest BCUT2D eigenvalue weighted by Crippen LogP contribution is -2.42. The molecule has 0 aliphatic heterocycles. The van der Waals surface area contributed by atoms with Crippen molar-refractivity contribution in [3.05, 3.63) is 61.8 Å². The quantitative estimate of drug-likeness (QED) is 0.652. The van der Waals surface area contributed by atoms with Gasteiger partial charge in [0.05, 0.1) is 5.69 Å². The van der Waals surface area contributed by atoms with Gasteiger partial charge in [-0.1, -0.05) is 19.4 Å². The van der Waals surface area contributed by atoms with Crippen molar-refractivity contribution in [1.29, 1.82) is 0 Å². The van der Waals surface area contributed by atoms with Crippen LogP contribution in [0.2, 0.25) is 0 Å². The van der Waals surface area contributed by atoms with E-state index in [-0.39, 0.29) is 11.4 Å². The zero-order valence-corrected chi connectivity index (χ0v) is 19.9. The molecular weight excluding hydrogens is 377 g/mol. The highest BCUT2D eigenvalue weighted by Gasteiger charge is 2.21. The SMILES string of the molecule is CCCC(CNC)N(CC)c1cc(C)cc(Cc2c(C)c(F)c(C)n(C)c2=O)c1C. The van der Waals surface area contributed by atoms with Crippen LogP contribution in [0.25, 0.3) is 0 Å². The number of halogens is 1. The van der Waals surface area contributed by atoms with Crippen molar-refractivity contribution in [2.45, 2.75) is 66.8 Å². The maximum Gasteiger partial charge on any atom is 0.254 e. The number of likely N-dealkylation sites (N-methyl/N-ethyl adjacent to an activating group) is 2. The molecule has 166 valence electrons. The van der Waals surface area contributed by atoms with Crippen LogP contribution in [0, 0.1) is 33.5 Å². The van der Waals surface area contributed by atoms with Gasteiger partial charge in [0.25, 0.3) is 5.56 Å². The Kier molecular flexibility index (Phi) is 8.25. The Hall–Kier alpha value is -2.14. The molecule has 1 N–H and O–H groups in total. The first kappa shape index (κ1) is 24.1. The molecule has 0 saturated heterocycles. The fourth-order valence-electron chi connectivity index (χ4n) is 4.42.